The summed E-state index contributed by atoms with van der Waals surface area (Å²) in [6.07, 6.45) is 3.52. The van der Waals surface area contributed by atoms with Gasteiger partial charge in [-0.15, -0.1) is 0 Å². The van der Waals surface area contributed by atoms with Gasteiger partial charge in [0.1, 0.15) is 11.5 Å². The van der Waals surface area contributed by atoms with E-state index in [9.17, 15) is 9.59 Å². The van der Waals surface area contributed by atoms with Crippen molar-refractivity contribution < 1.29 is 19.1 Å². The van der Waals surface area contributed by atoms with Crippen molar-refractivity contribution in [3.8, 4) is 11.5 Å². The van der Waals surface area contributed by atoms with Gasteiger partial charge in [0.15, 0.2) is 5.76 Å². The summed E-state index contributed by atoms with van der Waals surface area (Å²) < 4.78 is 11.1. The third-order valence-electron chi connectivity index (χ3n) is 4.67. The number of carbonyl (C=O) groups excluding carboxylic acids is 2. The fraction of sp³-hybridized carbons (Fsp3) is 0.273. The van der Waals surface area contributed by atoms with E-state index in [1.807, 2.05) is 12.1 Å². The van der Waals surface area contributed by atoms with Gasteiger partial charge in [-0.2, -0.15) is 0 Å². The predicted octanol–water partition coefficient (Wildman–Crippen LogP) is 4.74. The van der Waals surface area contributed by atoms with Crippen molar-refractivity contribution in [3.63, 3.8) is 0 Å². The van der Waals surface area contributed by atoms with Gasteiger partial charge in [-0.3, -0.25) is 9.59 Å². The van der Waals surface area contributed by atoms with Gasteiger partial charge >= 0.3 is 5.97 Å². The van der Waals surface area contributed by atoms with Gasteiger partial charge in [-0.25, -0.2) is 0 Å². The number of ketones is 1. The smallest absolute Gasteiger partial charge is 0.314 e. The molecule has 0 saturated heterocycles. The van der Waals surface area contributed by atoms with Crippen LogP contribution in [0.5, 0.6) is 11.5 Å². The molecule has 1 heterocycles. The summed E-state index contributed by atoms with van der Waals surface area (Å²) in [5.41, 5.74) is 2.64. The molecule has 4 rings (SSSR count). The average molecular weight is 348 g/mol. The quantitative estimate of drug-likeness (QED) is 0.455. The fourth-order valence-corrected chi connectivity index (χ4v) is 2.88. The number of Topliss-reactive ketones (excluding diaryl/α,β-unsaturated/α-hetero) is 1. The van der Waals surface area contributed by atoms with Crippen molar-refractivity contribution in [2.75, 3.05) is 0 Å². The van der Waals surface area contributed by atoms with Crippen LogP contribution in [0.1, 0.15) is 54.1 Å². The van der Waals surface area contributed by atoms with Crippen molar-refractivity contribution in [1.29, 1.82) is 0 Å². The number of fused-ring (bicyclic) bond motifs is 1. The molecule has 0 N–H and O–H groups in total. The Morgan fingerprint density at radius 1 is 1.15 bits per heavy atom. The number of benzene rings is 2. The molecule has 0 unspecified atom stereocenters. The van der Waals surface area contributed by atoms with E-state index in [-0.39, 0.29) is 23.4 Å². The first-order valence-corrected chi connectivity index (χ1v) is 8.91. The summed E-state index contributed by atoms with van der Waals surface area (Å²) in [4.78, 5) is 24.3. The summed E-state index contributed by atoms with van der Waals surface area (Å²) in [5.74, 6) is 1.24. The molecule has 1 aliphatic heterocycles. The largest absolute Gasteiger partial charge is 0.452 e. The molecule has 0 spiro atoms. The Bertz CT molecular complexity index is 902. The number of allylic oxidation sites excluding steroid dienone is 1. The molecule has 0 amide bonds. The third kappa shape index (κ3) is 3.27. The third-order valence-corrected chi connectivity index (χ3v) is 4.67. The molecule has 0 aromatic heterocycles. The van der Waals surface area contributed by atoms with E-state index in [2.05, 4.69) is 26.0 Å². The minimum atomic E-state index is -0.213. The van der Waals surface area contributed by atoms with Gasteiger partial charge in [0, 0.05) is 6.07 Å². The van der Waals surface area contributed by atoms with Crippen LogP contribution in [0.2, 0.25) is 0 Å². The molecule has 132 valence electrons. The molecule has 0 radical (unpaired) electrons. The molecule has 1 saturated carbocycles. The highest BCUT2D eigenvalue weighted by Crippen LogP contribution is 2.36. The SMILES string of the molecule is CC(C)c1ccc(C=C2Oc3cc(OC(=O)C4CC4)ccc3C2=O)cc1. The molecule has 0 atom stereocenters. The van der Waals surface area contributed by atoms with Gasteiger partial charge in [0.25, 0.3) is 0 Å². The lowest BCUT2D eigenvalue weighted by molar-refractivity contribution is -0.135. The van der Waals surface area contributed by atoms with E-state index in [0.717, 1.165) is 18.4 Å². The molecule has 2 aromatic carbocycles. The topological polar surface area (TPSA) is 52.6 Å². The Balaban J connectivity index is 1.54. The lowest BCUT2D eigenvalue weighted by atomic mass is 10.0. The van der Waals surface area contributed by atoms with Gasteiger partial charge < -0.3 is 9.47 Å². The summed E-state index contributed by atoms with van der Waals surface area (Å²) >= 11 is 0. The Labute approximate surface area is 152 Å². The number of esters is 1. The van der Waals surface area contributed by atoms with Crippen LogP contribution in [0, 0.1) is 5.92 Å². The molecular formula is C22H20O4. The summed E-state index contributed by atoms with van der Waals surface area (Å²) in [6, 6.07) is 13.0. The van der Waals surface area contributed by atoms with Crippen LogP contribution >= 0.6 is 0 Å². The van der Waals surface area contributed by atoms with Crippen molar-refractivity contribution in [2.24, 2.45) is 5.92 Å². The monoisotopic (exact) mass is 348 g/mol. The molecule has 2 aromatic rings. The van der Waals surface area contributed by atoms with Crippen LogP contribution in [0.25, 0.3) is 6.08 Å². The second-order valence-electron chi connectivity index (χ2n) is 7.11. The summed E-state index contributed by atoms with van der Waals surface area (Å²) in [5, 5.41) is 0. The van der Waals surface area contributed by atoms with Gasteiger partial charge in [-0.05, 0) is 48.1 Å². The first kappa shape index (κ1) is 16.6. The molecule has 26 heavy (non-hydrogen) atoms. The zero-order valence-electron chi connectivity index (χ0n) is 14.8. The van der Waals surface area contributed by atoms with Crippen LogP contribution in [0.15, 0.2) is 48.2 Å². The number of ether oxygens (including phenoxy) is 2. The lowest BCUT2D eigenvalue weighted by Gasteiger charge is -2.05. The second-order valence-corrected chi connectivity index (χ2v) is 7.11. The first-order valence-electron chi connectivity index (χ1n) is 8.91. The Kier molecular flexibility index (Phi) is 4.11. The number of rotatable bonds is 4. The second kappa shape index (κ2) is 6.45. The molecule has 1 aliphatic carbocycles. The zero-order valence-corrected chi connectivity index (χ0v) is 14.8. The van der Waals surface area contributed by atoms with Crippen LogP contribution < -0.4 is 9.47 Å². The molecule has 4 heteroatoms. The Morgan fingerprint density at radius 2 is 1.88 bits per heavy atom. The van der Waals surface area contributed by atoms with Gasteiger partial charge in [-0.1, -0.05) is 38.1 Å². The van der Waals surface area contributed by atoms with Crippen molar-refractivity contribution in [2.45, 2.75) is 32.6 Å². The highest BCUT2D eigenvalue weighted by Gasteiger charge is 2.32. The average Bonchev–Trinajstić information content (AvgIpc) is 3.42. The minimum absolute atomic E-state index is 0.0232. The molecular weight excluding hydrogens is 328 g/mol. The van der Waals surface area contributed by atoms with Crippen LogP contribution in [0.4, 0.5) is 0 Å². The van der Waals surface area contributed by atoms with Gasteiger partial charge in [0.2, 0.25) is 5.78 Å². The van der Waals surface area contributed by atoms with E-state index >= 15 is 0 Å². The highest BCUT2D eigenvalue weighted by molar-refractivity contribution is 6.14. The Morgan fingerprint density at radius 3 is 2.54 bits per heavy atom. The van der Waals surface area contributed by atoms with Crippen LogP contribution in [0.3, 0.4) is 0 Å². The Hall–Kier alpha value is -2.88. The number of carbonyl (C=O) groups is 2. The van der Waals surface area contributed by atoms with E-state index in [1.54, 1.807) is 24.3 Å². The normalized spacial score (nSPS) is 17.3. The molecule has 1 fully saturated rings. The number of hydrogen-bond donors (Lipinski definition) is 0. The molecule has 2 aliphatic rings. The standard InChI is InChI=1S/C22H20O4/c1-13(2)15-5-3-14(4-6-15)11-20-21(23)18-10-9-17(12-19(18)26-20)25-22(24)16-7-8-16/h3-6,9-13,16H,7-8H2,1-2H3. The maximum absolute atomic E-state index is 12.5. The maximum Gasteiger partial charge on any atom is 0.314 e. The van der Waals surface area contributed by atoms with Gasteiger partial charge in [0.05, 0.1) is 11.5 Å². The van der Waals surface area contributed by atoms with E-state index in [0.29, 0.717) is 23.0 Å². The highest BCUT2D eigenvalue weighted by atomic mass is 16.5. The molecule has 0 bridgehead atoms. The fourth-order valence-electron chi connectivity index (χ4n) is 2.88. The minimum Gasteiger partial charge on any atom is -0.452 e. The van der Waals surface area contributed by atoms with Crippen LogP contribution in [-0.2, 0) is 4.79 Å². The van der Waals surface area contributed by atoms with E-state index < -0.39 is 0 Å². The van der Waals surface area contributed by atoms with Crippen molar-refractivity contribution in [3.05, 3.63) is 64.9 Å². The maximum atomic E-state index is 12.5. The predicted molar refractivity (Wildman–Crippen MR) is 98.3 cm³/mol. The summed E-state index contributed by atoms with van der Waals surface area (Å²) in [6.45, 7) is 4.28. The lowest BCUT2D eigenvalue weighted by Crippen LogP contribution is -2.09. The van der Waals surface area contributed by atoms with E-state index in [1.165, 1.54) is 5.56 Å². The zero-order chi connectivity index (χ0) is 18.3. The number of hydrogen-bond acceptors (Lipinski definition) is 4. The van der Waals surface area contributed by atoms with Crippen molar-refractivity contribution >= 4 is 17.8 Å². The first-order chi connectivity index (χ1) is 12.5. The van der Waals surface area contributed by atoms with Crippen molar-refractivity contribution in [1.82, 2.24) is 0 Å². The van der Waals surface area contributed by atoms with Crippen LogP contribution in [-0.4, -0.2) is 11.8 Å². The van der Waals surface area contributed by atoms with E-state index in [4.69, 9.17) is 9.47 Å². The molecule has 4 nitrogen and oxygen atoms in total. The summed E-state index contributed by atoms with van der Waals surface area (Å²) in [7, 11) is 0.